The zero-order chi connectivity index (χ0) is 15.4. The minimum Gasteiger partial charge on any atom is -0.497 e. The summed E-state index contributed by atoms with van der Waals surface area (Å²) in [7, 11) is 1.66. The van der Waals surface area contributed by atoms with Crippen molar-refractivity contribution in [3.05, 3.63) is 65.7 Å². The molecule has 0 bridgehead atoms. The monoisotopic (exact) mass is 294 g/mol. The summed E-state index contributed by atoms with van der Waals surface area (Å²) in [6.45, 7) is 4.27. The number of hydrogen-bond acceptors (Lipinski definition) is 4. The summed E-state index contributed by atoms with van der Waals surface area (Å²) in [6.07, 6.45) is 0. The van der Waals surface area contributed by atoms with E-state index in [1.807, 2.05) is 47.5 Å². The number of ether oxygens (including phenoxy) is 1. The predicted molar refractivity (Wildman–Crippen MR) is 84.7 cm³/mol. The van der Waals surface area contributed by atoms with Gasteiger partial charge >= 0.3 is 0 Å². The van der Waals surface area contributed by atoms with Gasteiger partial charge in [0.1, 0.15) is 5.75 Å². The molecule has 2 unspecified atom stereocenters. The van der Waals surface area contributed by atoms with Crippen LogP contribution >= 0.6 is 0 Å². The normalized spacial score (nSPS) is 28.0. The van der Waals surface area contributed by atoms with Gasteiger partial charge in [-0.15, -0.1) is 5.06 Å². The number of methoxy groups -OCH3 is 1. The molecule has 1 saturated heterocycles. The number of fused-ring (bicyclic) bond motifs is 1. The Balaban J connectivity index is 1.77. The van der Waals surface area contributed by atoms with Crippen molar-refractivity contribution in [1.29, 1.82) is 0 Å². The van der Waals surface area contributed by atoms with Gasteiger partial charge in [0, 0.05) is 5.56 Å². The summed E-state index contributed by atoms with van der Waals surface area (Å²) < 4.78 is 5.22. The first-order valence-corrected chi connectivity index (χ1v) is 7.38. The average Bonchev–Trinajstić information content (AvgIpc) is 3.25. The first-order chi connectivity index (χ1) is 10.6. The Morgan fingerprint density at radius 2 is 1.68 bits per heavy atom. The highest BCUT2D eigenvalue weighted by atomic mass is 16.9. The van der Waals surface area contributed by atoms with Crippen molar-refractivity contribution in [2.45, 2.75) is 25.2 Å². The Hall–Kier alpha value is -2.17. The van der Waals surface area contributed by atoms with Crippen LogP contribution in [-0.2, 0) is 10.7 Å². The molecule has 1 fully saturated rings. The van der Waals surface area contributed by atoms with Crippen LogP contribution in [0.2, 0.25) is 0 Å². The highest BCUT2D eigenvalue weighted by Gasteiger charge is 2.69. The summed E-state index contributed by atoms with van der Waals surface area (Å²) in [5, 5.41) is 1.96. The maximum Gasteiger partial charge on any atom is 0.286 e. The second-order valence-electron chi connectivity index (χ2n) is 6.11. The molecule has 0 aromatic heterocycles. The molecular formula is C18H18N2O2. The lowest BCUT2D eigenvalue weighted by Gasteiger charge is -2.21. The van der Waals surface area contributed by atoms with Gasteiger partial charge in [0.15, 0.2) is 0 Å². The lowest BCUT2D eigenvalue weighted by Crippen LogP contribution is -2.37. The van der Waals surface area contributed by atoms with E-state index in [1.165, 1.54) is 0 Å². The molecule has 0 radical (unpaired) electrons. The zero-order valence-electron chi connectivity index (χ0n) is 12.9. The summed E-state index contributed by atoms with van der Waals surface area (Å²) in [4.78, 5) is 10.8. The van der Waals surface area contributed by atoms with Gasteiger partial charge in [0.05, 0.1) is 18.4 Å². The van der Waals surface area contributed by atoms with Crippen molar-refractivity contribution in [3.63, 3.8) is 0 Å². The van der Waals surface area contributed by atoms with Gasteiger partial charge in [-0.25, -0.2) is 9.83 Å². The predicted octanol–water partition coefficient (Wildman–Crippen LogP) is 3.33. The van der Waals surface area contributed by atoms with Crippen molar-refractivity contribution in [2.75, 3.05) is 7.11 Å². The molecule has 2 aliphatic rings. The second kappa shape index (κ2) is 4.41. The number of hydroxylamine groups is 2. The van der Waals surface area contributed by atoms with E-state index in [0.717, 1.165) is 22.6 Å². The fourth-order valence-corrected chi connectivity index (χ4v) is 3.11. The minimum absolute atomic E-state index is 0.263. The molecule has 0 N–H and O–H groups in total. The number of nitrogens with zero attached hydrogens (tertiary/aromatic N) is 2. The minimum atomic E-state index is -0.680. The van der Waals surface area contributed by atoms with Gasteiger partial charge < -0.3 is 4.74 Å². The smallest absolute Gasteiger partial charge is 0.286 e. The largest absolute Gasteiger partial charge is 0.497 e. The standard InChI is InChI=1S/C18H18N2O2/c1-17(2)16(13-7-5-4-6-8-13)19-18(20(17)22-18)14-9-11-15(21-3)12-10-14/h4-12H,1-3H3. The van der Waals surface area contributed by atoms with E-state index in [4.69, 9.17) is 14.6 Å². The third-order valence-corrected chi connectivity index (χ3v) is 4.33. The van der Waals surface area contributed by atoms with Crippen LogP contribution < -0.4 is 4.74 Å². The lowest BCUT2D eigenvalue weighted by atomic mass is 9.93. The third kappa shape index (κ3) is 1.74. The van der Waals surface area contributed by atoms with E-state index in [-0.39, 0.29) is 5.54 Å². The van der Waals surface area contributed by atoms with Crippen LogP contribution in [0.25, 0.3) is 0 Å². The third-order valence-electron chi connectivity index (χ3n) is 4.33. The molecular weight excluding hydrogens is 276 g/mol. The molecule has 112 valence electrons. The Morgan fingerprint density at radius 1 is 1.00 bits per heavy atom. The van der Waals surface area contributed by atoms with E-state index in [9.17, 15) is 0 Å². The van der Waals surface area contributed by atoms with E-state index >= 15 is 0 Å². The molecule has 22 heavy (non-hydrogen) atoms. The topological polar surface area (TPSA) is 37.1 Å². The van der Waals surface area contributed by atoms with Gasteiger partial charge in [0.2, 0.25) is 0 Å². The Kier molecular flexibility index (Phi) is 2.71. The van der Waals surface area contributed by atoms with Gasteiger partial charge in [-0.2, -0.15) is 0 Å². The van der Waals surface area contributed by atoms with Crippen LogP contribution in [0.1, 0.15) is 25.0 Å². The summed E-state index contributed by atoms with van der Waals surface area (Å²) in [5.74, 6) is 0.151. The van der Waals surface area contributed by atoms with Gasteiger partial charge in [-0.3, -0.25) is 0 Å². The summed E-state index contributed by atoms with van der Waals surface area (Å²) >= 11 is 0. The number of rotatable bonds is 3. The van der Waals surface area contributed by atoms with E-state index < -0.39 is 5.85 Å². The van der Waals surface area contributed by atoms with Crippen molar-refractivity contribution < 1.29 is 9.57 Å². The molecule has 2 atom stereocenters. The molecule has 4 nitrogen and oxygen atoms in total. The van der Waals surface area contributed by atoms with Crippen LogP contribution in [-0.4, -0.2) is 23.4 Å². The van der Waals surface area contributed by atoms with Crippen LogP contribution in [0.4, 0.5) is 0 Å². The molecule has 4 rings (SSSR count). The van der Waals surface area contributed by atoms with Crippen LogP contribution in [0.15, 0.2) is 59.6 Å². The van der Waals surface area contributed by atoms with Crippen LogP contribution in [0.5, 0.6) is 5.75 Å². The molecule has 0 amide bonds. The van der Waals surface area contributed by atoms with E-state index in [2.05, 4.69) is 26.0 Å². The van der Waals surface area contributed by atoms with Crippen LogP contribution in [0.3, 0.4) is 0 Å². The highest BCUT2D eigenvalue weighted by Crippen LogP contribution is 2.56. The summed E-state index contributed by atoms with van der Waals surface area (Å²) in [6, 6.07) is 18.2. The Labute approximate surface area is 130 Å². The van der Waals surface area contributed by atoms with Gasteiger partial charge in [-0.1, -0.05) is 30.3 Å². The van der Waals surface area contributed by atoms with Gasteiger partial charge in [0.25, 0.3) is 5.85 Å². The average molecular weight is 294 g/mol. The molecule has 0 spiro atoms. The maximum atomic E-state index is 5.87. The molecule has 4 heteroatoms. The fourth-order valence-electron chi connectivity index (χ4n) is 3.11. The molecule has 2 heterocycles. The highest BCUT2D eigenvalue weighted by molar-refractivity contribution is 6.08. The summed E-state index contributed by atoms with van der Waals surface area (Å²) in [5.41, 5.74) is 2.94. The molecule has 2 aliphatic heterocycles. The first-order valence-electron chi connectivity index (χ1n) is 7.38. The SMILES string of the molecule is COc1ccc(C23N=C(c4ccccc4)C(C)(C)N2O3)cc1. The molecule has 2 aromatic rings. The van der Waals surface area contributed by atoms with E-state index in [1.54, 1.807) is 7.11 Å². The van der Waals surface area contributed by atoms with Gasteiger partial charge in [-0.05, 0) is 43.7 Å². The van der Waals surface area contributed by atoms with Crippen LogP contribution in [0, 0.1) is 0 Å². The van der Waals surface area contributed by atoms with Crippen molar-refractivity contribution >= 4 is 5.71 Å². The zero-order valence-corrected chi connectivity index (χ0v) is 12.9. The van der Waals surface area contributed by atoms with Crippen molar-refractivity contribution in [1.82, 2.24) is 5.06 Å². The molecule has 0 aliphatic carbocycles. The second-order valence-corrected chi connectivity index (χ2v) is 6.11. The lowest BCUT2D eigenvalue weighted by molar-refractivity contribution is 0.128. The molecule has 0 saturated carbocycles. The number of benzene rings is 2. The Morgan fingerprint density at radius 3 is 2.32 bits per heavy atom. The quantitative estimate of drug-likeness (QED) is 0.815. The fraction of sp³-hybridized carbons (Fsp3) is 0.278. The van der Waals surface area contributed by atoms with Crippen molar-refractivity contribution in [2.24, 2.45) is 4.99 Å². The first kappa shape index (κ1) is 13.5. The maximum absolute atomic E-state index is 5.87. The molecule has 2 aromatic carbocycles. The Bertz CT molecular complexity index is 737. The number of aliphatic imine (C=N–C) groups is 1. The van der Waals surface area contributed by atoms with Crippen molar-refractivity contribution in [3.8, 4) is 5.75 Å². The van der Waals surface area contributed by atoms with E-state index in [0.29, 0.717) is 0 Å². The number of hydrogen-bond donors (Lipinski definition) is 0.